The fourth-order valence-electron chi connectivity index (χ4n) is 2.43. The molecule has 0 heterocycles. The Morgan fingerprint density at radius 2 is 1.79 bits per heavy atom. The first-order valence-corrected chi connectivity index (χ1v) is 8.28. The van der Waals surface area contributed by atoms with E-state index < -0.39 is 5.91 Å². The van der Waals surface area contributed by atoms with E-state index in [1.807, 2.05) is 25.1 Å². The Morgan fingerprint density at radius 3 is 2.43 bits per heavy atom. The molecule has 2 rings (SSSR count). The first kappa shape index (κ1) is 20.3. The SMILES string of the molecule is COc1ccc(C)cc1NC(=O)/C(C#N)=C/c1ccc(OCC#N)c(OC)c1. The van der Waals surface area contributed by atoms with Gasteiger partial charge in [0.15, 0.2) is 18.1 Å². The van der Waals surface area contributed by atoms with Crippen LogP contribution in [0.2, 0.25) is 0 Å². The van der Waals surface area contributed by atoms with Crippen LogP contribution in [0.5, 0.6) is 17.2 Å². The summed E-state index contributed by atoms with van der Waals surface area (Å²) in [4.78, 5) is 12.5. The molecule has 2 aromatic rings. The van der Waals surface area contributed by atoms with Crippen LogP contribution < -0.4 is 19.5 Å². The van der Waals surface area contributed by atoms with Crippen LogP contribution >= 0.6 is 0 Å². The Morgan fingerprint density at radius 1 is 1.07 bits per heavy atom. The highest BCUT2D eigenvalue weighted by Gasteiger charge is 2.13. The molecule has 0 unspecified atom stereocenters. The summed E-state index contributed by atoms with van der Waals surface area (Å²) in [7, 11) is 2.97. The lowest BCUT2D eigenvalue weighted by atomic mass is 10.1. The van der Waals surface area contributed by atoms with Crippen LogP contribution in [0.1, 0.15) is 11.1 Å². The van der Waals surface area contributed by atoms with E-state index in [4.69, 9.17) is 19.5 Å². The van der Waals surface area contributed by atoms with Crippen molar-refractivity contribution in [3.63, 3.8) is 0 Å². The molecule has 0 aliphatic rings. The lowest BCUT2D eigenvalue weighted by molar-refractivity contribution is -0.112. The fraction of sp³-hybridized carbons (Fsp3) is 0.190. The van der Waals surface area contributed by atoms with E-state index in [0.717, 1.165) is 5.56 Å². The second-order valence-corrected chi connectivity index (χ2v) is 5.68. The first-order valence-electron chi connectivity index (χ1n) is 8.28. The number of carbonyl (C=O) groups excluding carboxylic acids is 1. The third-order valence-electron chi connectivity index (χ3n) is 3.76. The molecule has 0 atom stereocenters. The van der Waals surface area contributed by atoms with Crippen LogP contribution in [-0.2, 0) is 4.79 Å². The molecule has 28 heavy (non-hydrogen) atoms. The minimum atomic E-state index is -0.560. The van der Waals surface area contributed by atoms with E-state index in [0.29, 0.717) is 28.5 Å². The van der Waals surface area contributed by atoms with Gasteiger partial charge in [0.2, 0.25) is 0 Å². The van der Waals surface area contributed by atoms with Gasteiger partial charge in [-0.05, 0) is 48.4 Å². The molecule has 0 saturated heterocycles. The van der Waals surface area contributed by atoms with Gasteiger partial charge >= 0.3 is 0 Å². The Kier molecular flexibility index (Phi) is 7.01. The molecule has 7 heteroatoms. The van der Waals surface area contributed by atoms with Crippen molar-refractivity contribution in [1.29, 1.82) is 10.5 Å². The molecule has 1 N–H and O–H groups in total. The molecule has 1 amide bonds. The molecule has 0 fully saturated rings. The van der Waals surface area contributed by atoms with Crippen LogP contribution in [0.4, 0.5) is 5.69 Å². The summed E-state index contributed by atoms with van der Waals surface area (Å²) in [6.07, 6.45) is 1.44. The van der Waals surface area contributed by atoms with E-state index in [2.05, 4.69) is 5.32 Å². The number of nitriles is 2. The lowest BCUT2D eigenvalue weighted by Gasteiger charge is -2.11. The maximum Gasteiger partial charge on any atom is 0.266 e. The number of nitrogens with one attached hydrogen (secondary N) is 1. The highest BCUT2D eigenvalue weighted by Crippen LogP contribution is 2.29. The van der Waals surface area contributed by atoms with Gasteiger partial charge in [0.05, 0.1) is 19.9 Å². The van der Waals surface area contributed by atoms with E-state index in [1.54, 1.807) is 30.3 Å². The Hall–Kier alpha value is -3.97. The number of ether oxygens (including phenoxy) is 3. The zero-order valence-electron chi connectivity index (χ0n) is 15.8. The van der Waals surface area contributed by atoms with Crippen LogP contribution in [0.3, 0.4) is 0 Å². The Balaban J connectivity index is 2.28. The molecule has 2 aromatic carbocycles. The predicted octanol–water partition coefficient (Wildman–Crippen LogP) is 3.46. The number of hydrogen-bond acceptors (Lipinski definition) is 6. The van der Waals surface area contributed by atoms with Gasteiger partial charge in [-0.3, -0.25) is 4.79 Å². The van der Waals surface area contributed by atoms with Gasteiger partial charge in [-0.1, -0.05) is 12.1 Å². The molecule has 0 aliphatic heterocycles. The fourth-order valence-corrected chi connectivity index (χ4v) is 2.43. The van der Waals surface area contributed by atoms with Crippen LogP contribution in [0.25, 0.3) is 6.08 Å². The largest absolute Gasteiger partial charge is 0.495 e. The minimum absolute atomic E-state index is 0.0868. The summed E-state index contributed by atoms with van der Waals surface area (Å²) >= 11 is 0. The van der Waals surface area contributed by atoms with Gasteiger partial charge in [0.1, 0.15) is 23.5 Å². The van der Waals surface area contributed by atoms with E-state index in [9.17, 15) is 10.1 Å². The number of aryl methyl sites for hydroxylation is 1. The molecular weight excluding hydrogens is 358 g/mol. The third-order valence-corrected chi connectivity index (χ3v) is 3.76. The number of anilines is 1. The zero-order chi connectivity index (χ0) is 20.5. The molecule has 0 aromatic heterocycles. The molecule has 142 valence electrons. The van der Waals surface area contributed by atoms with Gasteiger partial charge in [0.25, 0.3) is 5.91 Å². The maximum atomic E-state index is 12.5. The standard InChI is InChI=1S/C21H19N3O4/c1-14-4-6-18(26-2)17(10-14)24-21(25)16(13-23)11-15-5-7-19(28-9-8-22)20(12-15)27-3/h4-7,10-12H,9H2,1-3H3,(H,24,25)/b16-11+. The van der Waals surface area contributed by atoms with Crippen molar-refractivity contribution < 1.29 is 19.0 Å². The number of amides is 1. The van der Waals surface area contributed by atoms with Crippen LogP contribution in [-0.4, -0.2) is 26.7 Å². The van der Waals surface area contributed by atoms with Crippen molar-refractivity contribution in [2.45, 2.75) is 6.92 Å². The van der Waals surface area contributed by atoms with Crippen molar-refractivity contribution >= 4 is 17.7 Å². The van der Waals surface area contributed by atoms with Gasteiger partial charge in [-0.2, -0.15) is 10.5 Å². The number of nitrogens with zero attached hydrogens (tertiary/aromatic N) is 2. The van der Waals surface area contributed by atoms with Crippen LogP contribution in [0, 0.1) is 29.6 Å². The molecular formula is C21H19N3O4. The van der Waals surface area contributed by atoms with E-state index in [-0.39, 0.29) is 12.2 Å². The summed E-state index contributed by atoms with van der Waals surface area (Å²) in [5.41, 5.74) is 1.91. The Bertz CT molecular complexity index is 984. The van der Waals surface area contributed by atoms with Gasteiger partial charge in [-0.25, -0.2) is 0 Å². The monoisotopic (exact) mass is 377 g/mol. The lowest BCUT2D eigenvalue weighted by Crippen LogP contribution is -2.14. The quantitative estimate of drug-likeness (QED) is 0.585. The van der Waals surface area contributed by atoms with E-state index in [1.165, 1.54) is 20.3 Å². The Labute approximate surface area is 163 Å². The maximum absolute atomic E-state index is 12.5. The van der Waals surface area contributed by atoms with Gasteiger partial charge in [-0.15, -0.1) is 0 Å². The van der Waals surface area contributed by atoms with Gasteiger partial charge < -0.3 is 19.5 Å². The van der Waals surface area contributed by atoms with E-state index >= 15 is 0 Å². The number of carbonyl (C=O) groups is 1. The second-order valence-electron chi connectivity index (χ2n) is 5.68. The smallest absolute Gasteiger partial charge is 0.266 e. The average molecular weight is 377 g/mol. The molecule has 7 nitrogen and oxygen atoms in total. The first-order chi connectivity index (χ1) is 13.5. The molecule has 0 spiro atoms. The highest BCUT2D eigenvalue weighted by atomic mass is 16.5. The number of benzene rings is 2. The zero-order valence-corrected chi connectivity index (χ0v) is 15.8. The van der Waals surface area contributed by atoms with Crippen molar-refractivity contribution in [3.8, 4) is 29.4 Å². The molecule has 0 saturated carbocycles. The van der Waals surface area contributed by atoms with Crippen LogP contribution in [0.15, 0.2) is 42.0 Å². The van der Waals surface area contributed by atoms with Gasteiger partial charge in [0, 0.05) is 0 Å². The topological polar surface area (TPSA) is 104 Å². The summed E-state index contributed by atoms with van der Waals surface area (Å²) in [5.74, 6) is 0.725. The highest BCUT2D eigenvalue weighted by molar-refractivity contribution is 6.10. The second kappa shape index (κ2) is 9.65. The summed E-state index contributed by atoms with van der Waals surface area (Å²) < 4.78 is 15.7. The normalized spacial score (nSPS) is 10.4. The molecule has 0 bridgehead atoms. The number of rotatable bonds is 7. The minimum Gasteiger partial charge on any atom is -0.495 e. The average Bonchev–Trinajstić information content (AvgIpc) is 2.70. The van der Waals surface area contributed by atoms with Crippen molar-refractivity contribution in [3.05, 3.63) is 53.1 Å². The molecule has 0 radical (unpaired) electrons. The predicted molar refractivity (Wildman–Crippen MR) is 104 cm³/mol. The number of methoxy groups -OCH3 is 2. The van der Waals surface area contributed by atoms with Crippen molar-refractivity contribution in [1.82, 2.24) is 0 Å². The van der Waals surface area contributed by atoms with Crippen molar-refractivity contribution in [2.75, 3.05) is 26.1 Å². The third kappa shape index (κ3) is 5.03. The molecule has 0 aliphatic carbocycles. The summed E-state index contributed by atoms with van der Waals surface area (Å²) in [6, 6.07) is 14.0. The van der Waals surface area contributed by atoms with Crippen molar-refractivity contribution in [2.24, 2.45) is 0 Å². The summed E-state index contributed by atoms with van der Waals surface area (Å²) in [6.45, 7) is 1.77. The number of hydrogen-bond donors (Lipinski definition) is 1. The summed E-state index contributed by atoms with van der Waals surface area (Å²) in [5, 5.41) is 20.7.